The van der Waals surface area contributed by atoms with Gasteiger partial charge in [0.1, 0.15) is 0 Å². The third kappa shape index (κ3) is 3.78. The van der Waals surface area contributed by atoms with E-state index in [1.807, 2.05) is 0 Å². The van der Waals surface area contributed by atoms with Crippen LogP contribution in [0.4, 0.5) is 0 Å². The SMILES string of the molecule is CC[C@H]1CC[C@H]2[C@@H]3CCC4CC(O)(O)CC[C@]4(C)[C@H]3CC[C@]12C.O=C1CCCN1. The third-order valence-corrected chi connectivity index (χ3v) is 10.3. The Bertz CT molecular complexity index is 611. The molecule has 1 aliphatic heterocycles. The van der Waals surface area contributed by atoms with Crippen molar-refractivity contribution in [2.75, 3.05) is 6.54 Å². The molecule has 0 aromatic heterocycles. The number of nitrogens with one attached hydrogen (secondary N) is 1. The predicted molar refractivity (Wildman–Crippen MR) is 115 cm³/mol. The van der Waals surface area contributed by atoms with Gasteiger partial charge in [-0.2, -0.15) is 0 Å². The summed E-state index contributed by atoms with van der Waals surface area (Å²) in [5.41, 5.74) is 0.967. The highest BCUT2D eigenvalue weighted by atomic mass is 16.5. The lowest BCUT2D eigenvalue weighted by Crippen LogP contribution is -2.55. The van der Waals surface area contributed by atoms with Crippen molar-refractivity contribution in [2.45, 2.75) is 104 Å². The van der Waals surface area contributed by atoms with E-state index in [1.165, 1.54) is 44.9 Å². The van der Waals surface area contributed by atoms with Crippen LogP contribution in [0.2, 0.25) is 0 Å². The molecule has 7 atom stereocenters. The highest BCUT2D eigenvalue weighted by Gasteiger charge is 2.60. The summed E-state index contributed by atoms with van der Waals surface area (Å²) in [4.78, 5) is 10.1. The zero-order chi connectivity index (χ0) is 20.9. The van der Waals surface area contributed by atoms with Crippen LogP contribution in [0, 0.1) is 40.4 Å². The lowest BCUT2D eigenvalue weighted by Gasteiger charge is -2.61. The van der Waals surface area contributed by atoms with E-state index in [2.05, 4.69) is 26.1 Å². The summed E-state index contributed by atoms with van der Waals surface area (Å²) in [6.45, 7) is 8.39. The Morgan fingerprint density at radius 1 is 0.966 bits per heavy atom. The van der Waals surface area contributed by atoms with E-state index < -0.39 is 5.79 Å². The molecule has 3 N–H and O–H groups in total. The Morgan fingerprint density at radius 3 is 2.34 bits per heavy atom. The molecule has 4 nitrogen and oxygen atoms in total. The Labute approximate surface area is 177 Å². The molecule has 4 aliphatic carbocycles. The molecular formula is C25H43NO3. The van der Waals surface area contributed by atoms with Crippen LogP contribution in [-0.2, 0) is 4.79 Å². The fourth-order valence-electron chi connectivity index (χ4n) is 8.57. The number of aliphatic hydroxyl groups is 2. The van der Waals surface area contributed by atoms with Crippen LogP contribution in [0.1, 0.15) is 97.8 Å². The molecule has 0 aromatic rings. The molecule has 4 heteroatoms. The van der Waals surface area contributed by atoms with Crippen LogP contribution < -0.4 is 5.32 Å². The maximum atomic E-state index is 10.1. The van der Waals surface area contributed by atoms with Gasteiger partial charge in [-0.05, 0) is 91.8 Å². The normalized spacial score (nSPS) is 47.9. The van der Waals surface area contributed by atoms with Crippen molar-refractivity contribution >= 4 is 5.91 Å². The summed E-state index contributed by atoms with van der Waals surface area (Å²) in [5, 5.41) is 23.0. The molecule has 1 amide bonds. The fourth-order valence-corrected chi connectivity index (χ4v) is 8.57. The van der Waals surface area contributed by atoms with Gasteiger partial charge in [0.05, 0.1) is 0 Å². The molecule has 5 aliphatic rings. The monoisotopic (exact) mass is 405 g/mol. The van der Waals surface area contributed by atoms with Gasteiger partial charge < -0.3 is 15.5 Å². The summed E-state index contributed by atoms with van der Waals surface area (Å²) < 4.78 is 0. The number of amides is 1. The van der Waals surface area contributed by atoms with Crippen molar-refractivity contribution in [1.82, 2.24) is 5.32 Å². The lowest BCUT2D eigenvalue weighted by atomic mass is 9.44. The average Bonchev–Trinajstić information content (AvgIpc) is 3.28. The second-order valence-corrected chi connectivity index (χ2v) is 11.5. The van der Waals surface area contributed by atoms with Crippen LogP contribution >= 0.6 is 0 Å². The first-order valence-electron chi connectivity index (χ1n) is 12.4. The van der Waals surface area contributed by atoms with Gasteiger partial charge in [-0.3, -0.25) is 4.79 Å². The molecule has 5 fully saturated rings. The Kier molecular flexibility index (Phi) is 5.83. The van der Waals surface area contributed by atoms with Crippen LogP contribution in [0.5, 0.6) is 0 Å². The molecule has 29 heavy (non-hydrogen) atoms. The Morgan fingerprint density at radius 2 is 1.72 bits per heavy atom. The van der Waals surface area contributed by atoms with E-state index in [-0.39, 0.29) is 5.91 Å². The van der Waals surface area contributed by atoms with Crippen molar-refractivity contribution in [2.24, 2.45) is 40.4 Å². The number of hydrogen-bond donors (Lipinski definition) is 3. The van der Waals surface area contributed by atoms with E-state index >= 15 is 0 Å². The van der Waals surface area contributed by atoms with Crippen molar-refractivity contribution in [3.8, 4) is 0 Å². The number of fused-ring (bicyclic) bond motifs is 5. The molecule has 1 saturated heterocycles. The Hall–Kier alpha value is -0.610. The predicted octanol–water partition coefficient (Wildman–Crippen LogP) is 4.63. The summed E-state index contributed by atoms with van der Waals surface area (Å²) in [7, 11) is 0. The van der Waals surface area contributed by atoms with Gasteiger partial charge in [0, 0.05) is 25.8 Å². The summed E-state index contributed by atoms with van der Waals surface area (Å²) in [6.07, 6.45) is 13.6. The minimum Gasteiger partial charge on any atom is -0.366 e. The smallest absolute Gasteiger partial charge is 0.220 e. The number of rotatable bonds is 1. The molecule has 166 valence electrons. The molecule has 0 spiro atoms. The largest absolute Gasteiger partial charge is 0.366 e. The minimum absolute atomic E-state index is 0.204. The van der Waals surface area contributed by atoms with Gasteiger partial charge in [0.15, 0.2) is 5.79 Å². The van der Waals surface area contributed by atoms with Crippen molar-refractivity contribution in [3.05, 3.63) is 0 Å². The highest BCUT2D eigenvalue weighted by molar-refractivity contribution is 5.77. The minimum atomic E-state index is -1.39. The van der Waals surface area contributed by atoms with E-state index in [4.69, 9.17) is 0 Å². The standard InChI is InChI=1S/C21H36O2.C4H7NO/c1-4-14-6-8-17-16-7-5-15-13-21(22,23)12-11-20(15,3)18(16)9-10-19(14,17)2;6-4-2-1-3-5-4/h14-18,22-23H,4-13H2,1-3H3;1-3H2,(H,5,6)/t14-,15?,16-,17-,18-,19+,20-;/m0./s1. The lowest BCUT2D eigenvalue weighted by molar-refractivity contribution is -0.233. The first kappa shape index (κ1) is 21.6. The highest BCUT2D eigenvalue weighted by Crippen LogP contribution is 2.68. The second-order valence-electron chi connectivity index (χ2n) is 11.5. The maximum Gasteiger partial charge on any atom is 0.220 e. The maximum absolute atomic E-state index is 10.1. The molecular weight excluding hydrogens is 362 g/mol. The van der Waals surface area contributed by atoms with Crippen molar-refractivity contribution in [1.29, 1.82) is 0 Å². The molecule has 0 radical (unpaired) electrons. The topological polar surface area (TPSA) is 69.6 Å². The van der Waals surface area contributed by atoms with Gasteiger partial charge >= 0.3 is 0 Å². The summed E-state index contributed by atoms with van der Waals surface area (Å²) in [6, 6.07) is 0. The van der Waals surface area contributed by atoms with Crippen LogP contribution in [-0.4, -0.2) is 28.5 Å². The fraction of sp³-hybridized carbons (Fsp3) is 0.960. The first-order valence-corrected chi connectivity index (χ1v) is 12.4. The quantitative estimate of drug-likeness (QED) is 0.557. The third-order valence-electron chi connectivity index (χ3n) is 10.3. The van der Waals surface area contributed by atoms with Gasteiger partial charge in [-0.1, -0.05) is 27.2 Å². The van der Waals surface area contributed by atoms with E-state index in [9.17, 15) is 15.0 Å². The molecule has 1 unspecified atom stereocenters. The first-order chi connectivity index (χ1) is 13.7. The van der Waals surface area contributed by atoms with E-state index in [0.29, 0.717) is 29.6 Å². The van der Waals surface area contributed by atoms with Gasteiger partial charge in [-0.15, -0.1) is 0 Å². The molecule has 5 rings (SSSR count). The van der Waals surface area contributed by atoms with Gasteiger partial charge in [-0.25, -0.2) is 0 Å². The summed E-state index contributed by atoms with van der Waals surface area (Å²) >= 11 is 0. The zero-order valence-electron chi connectivity index (χ0n) is 18.9. The molecule has 1 heterocycles. The number of carbonyl (C=O) groups is 1. The van der Waals surface area contributed by atoms with E-state index in [1.54, 1.807) is 0 Å². The number of carbonyl (C=O) groups excluding carboxylic acids is 1. The zero-order valence-corrected chi connectivity index (χ0v) is 18.9. The number of hydrogen-bond acceptors (Lipinski definition) is 3. The van der Waals surface area contributed by atoms with Crippen LogP contribution in [0.25, 0.3) is 0 Å². The van der Waals surface area contributed by atoms with Crippen LogP contribution in [0.3, 0.4) is 0 Å². The molecule has 0 bridgehead atoms. The van der Waals surface area contributed by atoms with Gasteiger partial charge in [0.25, 0.3) is 0 Å². The molecule has 0 aromatic carbocycles. The second kappa shape index (κ2) is 7.82. The van der Waals surface area contributed by atoms with Crippen molar-refractivity contribution in [3.63, 3.8) is 0 Å². The Balaban J connectivity index is 0.000000294. The average molecular weight is 406 g/mol. The van der Waals surface area contributed by atoms with Crippen LogP contribution in [0.15, 0.2) is 0 Å². The molecule has 4 saturated carbocycles. The van der Waals surface area contributed by atoms with Crippen molar-refractivity contribution < 1.29 is 15.0 Å². The van der Waals surface area contributed by atoms with Gasteiger partial charge in [0.2, 0.25) is 5.91 Å². The summed E-state index contributed by atoms with van der Waals surface area (Å²) in [5.74, 6) is 2.99. The van der Waals surface area contributed by atoms with E-state index in [0.717, 1.165) is 49.5 Å².